The maximum atomic E-state index is 11.3. The molecule has 0 aliphatic carbocycles. The molecule has 2 aromatic carbocycles. The summed E-state index contributed by atoms with van der Waals surface area (Å²) in [5.41, 5.74) is 2.26. The lowest BCUT2D eigenvalue weighted by Gasteiger charge is -2.09. The molecule has 0 radical (unpaired) electrons. The van der Waals surface area contributed by atoms with Gasteiger partial charge < -0.3 is 5.11 Å². The van der Waals surface area contributed by atoms with Crippen LogP contribution in [0, 0.1) is 6.92 Å². The van der Waals surface area contributed by atoms with E-state index in [2.05, 4.69) is 11.1 Å². The van der Waals surface area contributed by atoms with Gasteiger partial charge in [0.05, 0.1) is 11.1 Å². The number of hydrogen-bond acceptors (Lipinski definition) is 3. The summed E-state index contributed by atoms with van der Waals surface area (Å²) in [5.74, 6) is -0.920. The Kier molecular flexibility index (Phi) is 3.62. The van der Waals surface area contributed by atoms with Crippen LogP contribution >= 0.6 is 11.8 Å². The standard InChI is InChI=1S/C17H13NO2S/c1-11-10-12-6-2-4-8-14(12)18-16(11)21-15-9-5-3-7-13(15)17(19)20/h2-10H,1H3,(H,19,20). The van der Waals surface area contributed by atoms with Gasteiger partial charge in [0.1, 0.15) is 5.03 Å². The Labute approximate surface area is 126 Å². The van der Waals surface area contributed by atoms with Crippen molar-refractivity contribution in [2.24, 2.45) is 0 Å². The second-order valence-electron chi connectivity index (χ2n) is 4.71. The number of carboxylic acids is 1. The van der Waals surface area contributed by atoms with Crippen LogP contribution < -0.4 is 0 Å². The fourth-order valence-electron chi connectivity index (χ4n) is 2.14. The summed E-state index contributed by atoms with van der Waals surface area (Å²) >= 11 is 1.39. The highest BCUT2D eigenvalue weighted by molar-refractivity contribution is 7.99. The molecule has 0 spiro atoms. The first kappa shape index (κ1) is 13.6. The van der Waals surface area contributed by atoms with Crippen molar-refractivity contribution in [3.63, 3.8) is 0 Å². The van der Waals surface area contributed by atoms with E-state index in [1.807, 2.05) is 43.3 Å². The van der Waals surface area contributed by atoms with E-state index in [-0.39, 0.29) is 0 Å². The third-order valence-electron chi connectivity index (χ3n) is 3.19. The highest BCUT2D eigenvalue weighted by atomic mass is 32.2. The van der Waals surface area contributed by atoms with Gasteiger partial charge in [-0.15, -0.1) is 0 Å². The normalized spacial score (nSPS) is 10.7. The number of aryl methyl sites for hydroxylation is 1. The fraction of sp³-hybridized carbons (Fsp3) is 0.0588. The predicted molar refractivity (Wildman–Crippen MR) is 84.0 cm³/mol. The third-order valence-corrected chi connectivity index (χ3v) is 4.37. The molecule has 104 valence electrons. The molecule has 0 aliphatic heterocycles. The summed E-state index contributed by atoms with van der Waals surface area (Å²) in [5, 5.41) is 11.2. The first-order valence-corrected chi connectivity index (χ1v) is 7.33. The summed E-state index contributed by atoms with van der Waals surface area (Å²) in [6.07, 6.45) is 0. The van der Waals surface area contributed by atoms with E-state index in [1.54, 1.807) is 12.1 Å². The molecule has 21 heavy (non-hydrogen) atoms. The molecule has 0 fully saturated rings. The number of rotatable bonds is 3. The van der Waals surface area contributed by atoms with Gasteiger partial charge in [0.25, 0.3) is 0 Å². The van der Waals surface area contributed by atoms with Gasteiger partial charge in [0, 0.05) is 10.3 Å². The van der Waals surface area contributed by atoms with Gasteiger partial charge in [0.15, 0.2) is 0 Å². The number of carbonyl (C=O) groups is 1. The molecular weight excluding hydrogens is 282 g/mol. The number of pyridine rings is 1. The Balaban J connectivity index is 2.06. The van der Waals surface area contributed by atoms with Crippen LogP contribution in [0.5, 0.6) is 0 Å². The molecule has 3 nitrogen and oxygen atoms in total. The molecule has 1 N–H and O–H groups in total. The first-order chi connectivity index (χ1) is 10.1. The Morgan fingerprint density at radius 1 is 1.10 bits per heavy atom. The van der Waals surface area contributed by atoms with Crippen LogP contribution in [0.15, 0.2) is 64.5 Å². The molecule has 0 saturated heterocycles. The van der Waals surface area contributed by atoms with E-state index >= 15 is 0 Å². The quantitative estimate of drug-likeness (QED) is 0.778. The monoisotopic (exact) mass is 295 g/mol. The third kappa shape index (κ3) is 2.76. The molecule has 0 atom stereocenters. The topological polar surface area (TPSA) is 50.2 Å². The molecule has 4 heteroatoms. The van der Waals surface area contributed by atoms with E-state index in [0.717, 1.165) is 21.5 Å². The van der Waals surface area contributed by atoms with E-state index in [1.165, 1.54) is 11.8 Å². The molecule has 1 aromatic heterocycles. The van der Waals surface area contributed by atoms with Crippen LogP contribution in [0.4, 0.5) is 0 Å². The Morgan fingerprint density at radius 3 is 2.62 bits per heavy atom. The van der Waals surface area contributed by atoms with Crippen molar-refractivity contribution >= 4 is 28.6 Å². The van der Waals surface area contributed by atoms with Gasteiger partial charge in [-0.1, -0.05) is 42.1 Å². The zero-order valence-corrected chi connectivity index (χ0v) is 12.2. The molecule has 0 amide bonds. The summed E-state index contributed by atoms with van der Waals surface area (Å²) in [7, 11) is 0. The number of aromatic nitrogens is 1. The molecule has 1 heterocycles. The lowest BCUT2D eigenvalue weighted by molar-refractivity contribution is 0.0693. The Hall–Kier alpha value is -2.33. The predicted octanol–water partition coefficient (Wildman–Crippen LogP) is 4.39. The number of hydrogen-bond donors (Lipinski definition) is 1. The minimum atomic E-state index is -0.920. The molecule has 0 unspecified atom stereocenters. The van der Waals surface area contributed by atoms with Crippen LogP contribution in [0.3, 0.4) is 0 Å². The molecule has 0 aliphatic rings. The van der Waals surface area contributed by atoms with Crippen molar-refractivity contribution in [2.45, 2.75) is 16.8 Å². The number of fused-ring (bicyclic) bond motifs is 1. The average molecular weight is 295 g/mol. The van der Waals surface area contributed by atoms with Crippen molar-refractivity contribution in [3.8, 4) is 0 Å². The SMILES string of the molecule is Cc1cc2ccccc2nc1Sc1ccccc1C(=O)O. The number of benzene rings is 2. The van der Waals surface area contributed by atoms with Gasteiger partial charge in [0.2, 0.25) is 0 Å². The number of para-hydroxylation sites is 1. The second kappa shape index (κ2) is 5.58. The number of aromatic carboxylic acids is 1. The van der Waals surface area contributed by atoms with Crippen LogP contribution in [0.25, 0.3) is 10.9 Å². The van der Waals surface area contributed by atoms with Crippen molar-refractivity contribution in [1.82, 2.24) is 4.98 Å². The van der Waals surface area contributed by atoms with Gasteiger partial charge in [-0.3, -0.25) is 0 Å². The second-order valence-corrected chi connectivity index (χ2v) is 5.74. The van der Waals surface area contributed by atoms with Crippen molar-refractivity contribution in [1.29, 1.82) is 0 Å². The number of nitrogens with zero attached hydrogens (tertiary/aromatic N) is 1. The van der Waals surface area contributed by atoms with Crippen LogP contribution in [0.1, 0.15) is 15.9 Å². The summed E-state index contributed by atoms with van der Waals surface area (Å²) in [6, 6.07) is 17.0. The summed E-state index contributed by atoms with van der Waals surface area (Å²) < 4.78 is 0. The molecule has 0 saturated carbocycles. The molecule has 0 bridgehead atoms. The van der Waals surface area contributed by atoms with Gasteiger partial charge in [-0.25, -0.2) is 9.78 Å². The smallest absolute Gasteiger partial charge is 0.336 e. The largest absolute Gasteiger partial charge is 0.478 e. The highest BCUT2D eigenvalue weighted by Crippen LogP contribution is 2.32. The lowest BCUT2D eigenvalue weighted by atomic mass is 10.2. The Bertz CT molecular complexity index is 830. The van der Waals surface area contributed by atoms with Crippen molar-refractivity contribution in [2.75, 3.05) is 0 Å². The summed E-state index contributed by atoms with van der Waals surface area (Å²) in [6.45, 7) is 1.99. The van der Waals surface area contributed by atoms with Gasteiger partial charge in [-0.2, -0.15) is 0 Å². The van der Waals surface area contributed by atoms with E-state index in [4.69, 9.17) is 0 Å². The van der Waals surface area contributed by atoms with E-state index in [0.29, 0.717) is 10.5 Å². The highest BCUT2D eigenvalue weighted by Gasteiger charge is 2.12. The van der Waals surface area contributed by atoms with Crippen molar-refractivity contribution in [3.05, 3.63) is 65.7 Å². The number of carboxylic acid groups (broad SMARTS) is 1. The zero-order chi connectivity index (χ0) is 14.8. The van der Waals surface area contributed by atoms with E-state index in [9.17, 15) is 9.90 Å². The molecular formula is C17H13NO2S. The molecule has 3 rings (SSSR count). The lowest BCUT2D eigenvalue weighted by Crippen LogP contribution is -1.98. The maximum absolute atomic E-state index is 11.3. The minimum absolute atomic E-state index is 0.303. The Morgan fingerprint density at radius 2 is 1.81 bits per heavy atom. The van der Waals surface area contributed by atoms with Crippen molar-refractivity contribution < 1.29 is 9.90 Å². The first-order valence-electron chi connectivity index (χ1n) is 6.52. The van der Waals surface area contributed by atoms with Gasteiger partial charge >= 0.3 is 5.97 Å². The van der Waals surface area contributed by atoms with Crippen LogP contribution in [-0.2, 0) is 0 Å². The maximum Gasteiger partial charge on any atom is 0.336 e. The van der Waals surface area contributed by atoms with Crippen LogP contribution in [0.2, 0.25) is 0 Å². The van der Waals surface area contributed by atoms with Crippen LogP contribution in [-0.4, -0.2) is 16.1 Å². The average Bonchev–Trinajstić information content (AvgIpc) is 2.48. The van der Waals surface area contributed by atoms with E-state index < -0.39 is 5.97 Å². The minimum Gasteiger partial charge on any atom is -0.478 e. The zero-order valence-electron chi connectivity index (χ0n) is 11.4. The van der Waals surface area contributed by atoms with Gasteiger partial charge in [-0.05, 0) is 36.8 Å². The summed E-state index contributed by atoms with van der Waals surface area (Å²) in [4.78, 5) is 16.6. The fourth-order valence-corrected chi connectivity index (χ4v) is 3.13. The molecule has 3 aromatic rings.